The lowest BCUT2D eigenvalue weighted by atomic mass is 9.96. The smallest absolute Gasteiger partial charge is 0.342 e. The van der Waals surface area contributed by atoms with Crippen molar-refractivity contribution in [3.05, 3.63) is 47.9 Å². The molecule has 2 aromatic carbocycles. The van der Waals surface area contributed by atoms with Crippen LogP contribution in [0, 0.1) is 17.1 Å². The number of aromatic nitrogens is 3. The van der Waals surface area contributed by atoms with Crippen LogP contribution in [-0.4, -0.2) is 52.8 Å². The standard InChI is InChI=1S/C24H20FN5O3S/c1-32-13-33-15-8-14-4-5-19(25)17(11-26)22(14)16(9-15)20-10-21-18(12-27-24(29-21)34(2)31)23(28-20)30-6-3-7-30/h4-5,8-10,12H,3,6-7,13H2,1-2H3. The molecule has 0 saturated carbocycles. The minimum absolute atomic E-state index is 0.0281. The number of hydrogen-bond donors (Lipinski definition) is 0. The summed E-state index contributed by atoms with van der Waals surface area (Å²) < 4.78 is 37.4. The van der Waals surface area contributed by atoms with Gasteiger partial charge in [0.1, 0.15) is 29.7 Å². The first kappa shape index (κ1) is 22.3. The van der Waals surface area contributed by atoms with Crippen molar-refractivity contribution >= 4 is 38.7 Å². The van der Waals surface area contributed by atoms with E-state index in [4.69, 9.17) is 14.5 Å². The first-order valence-electron chi connectivity index (χ1n) is 10.5. The Hall–Kier alpha value is -3.52. The SMILES string of the molecule is COCOc1cc(-c2cc3nc([S+](C)[O-])ncc3c(N3CCC3)n2)c2c(C#N)c(F)ccc2c1. The van der Waals surface area contributed by atoms with E-state index in [1.807, 2.05) is 6.07 Å². The van der Waals surface area contributed by atoms with Crippen LogP contribution in [0.5, 0.6) is 5.75 Å². The monoisotopic (exact) mass is 477 g/mol. The Kier molecular flexibility index (Phi) is 5.91. The van der Waals surface area contributed by atoms with Gasteiger partial charge in [-0.2, -0.15) is 15.2 Å². The third-order valence-corrected chi connectivity index (χ3v) is 6.43. The fraction of sp³-hybridized carbons (Fsp3) is 0.250. The predicted molar refractivity (Wildman–Crippen MR) is 127 cm³/mol. The van der Waals surface area contributed by atoms with E-state index in [2.05, 4.69) is 14.9 Å². The first-order valence-corrected chi connectivity index (χ1v) is 12.1. The number of ether oxygens (including phenoxy) is 2. The second-order valence-electron chi connectivity index (χ2n) is 7.87. The number of hydrogen-bond acceptors (Lipinski definition) is 8. The first-order chi connectivity index (χ1) is 16.5. The fourth-order valence-electron chi connectivity index (χ4n) is 3.98. The van der Waals surface area contributed by atoms with Crippen molar-refractivity contribution in [2.75, 3.05) is 38.1 Å². The van der Waals surface area contributed by atoms with Crippen LogP contribution in [-0.2, 0) is 15.9 Å². The number of halogens is 1. The molecule has 1 fully saturated rings. The normalized spacial score (nSPS) is 14.1. The zero-order valence-corrected chi connectivity index (χ0v) is 19.4. The van der Waals surface area contributed by atoms with Crippen molar-refractivity contribution in [1.82, 2.24) is 15.0 Å². The Bertz CT molecular complexity index is 1450. The maximum absolute atomic E-state index is 14.6. The molecule has 1 unspecified atom stereocenters. The van der Waals surface area contributed by atoms with Crippen LogP contribution < -0.4 is 9.64 Å². The van der Waals surface area contributed by atoms with E-state index in [0.29, 0.717) is 39.1 Å². The highest BCUT2D eigenvalue weighted by Crippen LogP contribution is 2.38. The van der Waals surface area contributed by atoms with Gasteiger partial charge in [-0.25, -0.2) is 9.37 Å². The molecule has 2 aromatic heterocycles. The van der Waals surface area contributed by atoms with Gasteiger partial charge in [0.25, 0.3) is 0 Å². The summed E-state index contributed by atoms with van der Waals surface area (Å²) in [7, 11) is 1.52. The molecular formula is C24H20FN5O3S. The van der Waals surface area contributed by atoms with Gasteiger partial charge in [0.15, 0.2) is 6.79 Å². The Morgan fingerprint density at radius 2 is 2.06 bits per heavy atom. The zero-order chi connectivity index (χ0) is 23.8. The number of anilines is 1. The number of nitrogens with zero attached hydrogens (tertiary/aromatic N) is 5. The molecule has 0 spiro atoms. The molecule has 1 atom stereocenters. The van der Waals surface area contributed by atoms with Crippen LogP contribution in [0.3, 0.4) is 0 Å². The van der Waals surface area contributed by atoms with E-state index in [-0.39, 0.29) is 17.5 Å². The largest absolute Gasteiger partial charge is 0.609 e. The third-order valence-electron chi connectivity index (χ3n) is 5.72. The summed E-state index contributed by atoms with van der Waals surface area (Å²) in [6, 6.07) is 10.1. The van der Waals surface area contributed by atoms with Gasteiger partial charge in [-0.05, 0) is 36.1 Å². The molecule has 0 bridgehead atoms. The number of methoxy groups -OCH3 is 1. The number of nitriles is 1. The van der Waals surface area contributed by atoms with E-state index in [0.717, 1.165) is 24.9 Å². The van der Waals surface area contributed by atoms with Gasteiger partial charge in [0.2, 0.25) is 0 Å². The molecule has 1 aliphatic rings. The number of pyridine rings is 1. The second-order valence-corrected chi connectivity index (χ2v) is 9.14. The summed E-state index contributed by atoms with van der Waals surface area (Å²) in [5, 5.41) is 11.7. The molecule has 0 radical (unpaired) electrons. The van der Waals surface area contributed by atoms with E-state index in [9.17, 15) is 14.2 Å². The van der Waals surface area contributed by atoms with Crippen LogP contribution >= 0.6 is 0 Å². The molecule has 8 nitrogen and oxygen atoms in total. The van der Waals surface area contributed by atoms with Crippen molar-refractivity contribution < 1.29 is 18.4 Å². The lowest BCUT2D eigenvalue weighted by molar-refractivity contribution is 0.0512. The average molecular weight is 478 g/mol. The number of benzene rings is 2. The van der Waals surface area contributed by atoms with Gasteiger partial charge < -0.3 is 18.9 Å². The molecule has 0 aliphatic carbocycles. The predicted octanol–water partition coefficient (Wildman–Crippen LogP) is 3.79. The lowest BCUT2D eigenvalue weighted by Crippen LogP contribution is -2.37. The van der Waals surface area contributed by atoms with E-state index in [1.54, 1.807) is 30.5 Å². The molecule has 3 heterocycles. The highest BCUT2D eigenvalue weighted by atomic mass is 32.2. The van der Waals surface area contributed by atoms with Crippen molar-refractivity contribution in [1.29, 1.82) is 5.26 Å². The van der Waals surface area contributed by atoms with Crippen LogP contribution in [0.2, 0.25) is 0 Å². The Labute approximate surface area is 198 Å². The molecule has 5 rings (SSSR count). The average Bonchev–Trinajstić information content (AvgIpc) is 2.80. The summed E-state index contributed by atoms with van der Waals surface area (Å²) in [4.78, 5) is 15.8. The van der Waals surface area contributed by atoms with Crippen LogP contribution in [0.1, 0.15) is 12.0 Å². The second kappa shape index (κ2) is 9.02. The Balaban J connectivity index is 1.82. The molecular weight excluding hydrogens is 457 g/mol. The minimum Gasteiger partial charge on any atom is -0.609 e. The van der Waals surface area contributed by atoms with Crippen LogP contribution in [0.15, 0.2) is 41.7 Å². The van der Waals surface area contributed by atoms with Crippen molar-refractivity contribution in [2.24, 2.45) is 0 Å². The summed E-state index contributed by atoms with van der Waals surface area (Å²) in [5.41, 5.74) is 1.52. The number of fused-ring (bicyclic) bond motifs is 2. The van der Waals surface area contributed by atoms with E-state index < -0.39 is 17.0 Å². The van der Waals surface area contributed by atoms with Gasteiger partial charge in [0, 0.05) is 48.5 Å². The van der Waals surface area contributed by atoms with E-state index in [1.165, 1.54) is 19.4 Å². The molecule has 0 amide bonds. The summed E-state index contributed by atoms with van der Waals surface area (Å²) in [6.07, 6.45) is 4.20. The Morgan fingerprint density at radius 3 is 2.74 bits per heavy atom. The molecule has 1 aliphatic heterocycles. The highest BCUT2D eigenvalue weighted by molar-refractivity contribution is 7.90. The van der Waals surface area contributed by atoms with Gasteiger partial charge in [0.05, 0.1) is 22.2 Å². The highest BCUT2D eigenvalue weighted by Gasteiger charge is 2.23. The molecule has 1 saturated heterocycles. The molecule has 172 valence electrons. The summed E-state index contributed by atoms with van der Waals surface area (Å²) in [5.74, 6) is 0.570. The maximum Gasteiger partial charge on any atom is 0.342 e. The quantitative estimate of drug-likeness (QED) is 0.235. The van der Waals surface area contributed by atoms with Crippen LogP contribution in [0.4, 0.5) is 10.2 Å². The van der Waals surface area contributed by atoms with Gasteiger partial charge in [-0.15, -0.1) is 0 Å². The molecule has 10 heteroatoms. The van der Waals surface area contributed by atoms with Crippen molar-refractivity contribution in [3.63, 3.8) is 0 Å². The van der Waals surface area contributed by atoms with Crippen molar-refractivity contribution in [2.45, 2.75) is 11.6 Å². The topological polar surface area (TPSA) is 107 Å². The van der Waals surface area contributed by atoms with Crippen molar-refractivity contribution in [3.8, 4) is 23.1 Å². The number of rotatable bonds is 6. The van der Waals surface area contributed by atoms with Gasteiger partial charge in [-0.3, -0.25) is 0 Å². The Morgan fingerprint density at radius 1 is 1.24 bits per heavy atom. The molecule has 34 heavy (non-hydrogen) atoms. The maximum atomic E-state index is 14.6. The van der Waals surface area contributed by atoms with Gasteiger partial charge in [-0.1, -0.05) is 6.07 Å². The fourth-order valence-corrected chi connectivity index (χ4v) is 4.40. The zero-order valence-electron chi connectivity index (χ0n) is 18.5. The van der Waals surface area contributed by atoms with Crippen LogP contribution in [0.25, 0.3) is 32.9 Å². The molecule has 0 N–H and O–H groups in total. The summed E-state index contributed by atoms with van der Waals surface area (Å²) in [6.45, 7) is 1.70. The lowest BCUT2D eigenvalue weighted by Gasteiger charge is -2.33. The summed E-state index contributed by atoms with van der Waals surface area (Å²) >= 11 is -1.36. The molecule has 4 aromatic rings. The van der Waals surface area contributed by atoms with E-state index >= 15 is 0 Å². The third kappa shape index (κ3) is 3.88. The minimum atomic E-state index is -1.36. The van der Waals surface area contributed by atoms with Gasteiger partial charge >= 0.3 is 5.16 Å².